The molecule has 0 aliphatic carbocycles. The summed E-state index contributed by atoms with van der Waals surface area (Å²) >= 11 is 0. The van der Waals surface area contributed by atoms with Crippen LogP contribution in [0.1, 0.15) is 25.2 Å². The molecule has 0 bridgehead atoms. The minimum atomic E-state index is 0.409. The molecule has 2 rings (SSSR count). The predicted octanol–water partition coefficient (Wildman–Crippen LogP) is 2.24. The van der Waals surface area contributed by atoms with Crippen LogP contribution in [-0.4, -0.2) is 15.6 Å². The molecule has 0 amide bonds. The van der Waals surface area contributed by atoms with Gasteiger partial charge in [-0.25, -0.2) is 4.98 Å². The Labute approximate surface area is 107 Å². The monoisotopic (exact) mass is 240 g/mol. The second-order valence-electron chi connectivity index (χ2n) is 4.40. The summed E-state index contributed by atoms with van der Waals surface area (Å²) in [7, 11) is 0. The number of benzene rings is 1. The summed E-state index contributed by atoms with van der Waals surface area (Å²) in [5, 5.41) is 12.4. The van der Waals surface area contributed by atoms with Gasteiger partial charge in [0.05, 0.1) is 5.69 Å². The van der Waals surface area contributed by atoms with Crippen molar-refractivity contribution in [3.05, 3.63) is 48.0 Å². The maximum Gasteiger partial charge on any atom is 0.217 e. The van der Waals surface area contributed by atoms with E-state index in [1.165, 1.54) is 0 Å². The summed E-state index contributed by atoms with van der Waals surface area (Å²) in [6.07, 6.45) is 3.46. The van der Waals surface area contributed by atoms with Crippen molar-refractivity contribution >= 4 is 0 Å². The maximum absolute atomic E-state index is 9.03. The first-order chi connectivity index (χ1) is 8.72. The van der Waals surface area contributed by atoms with Crippen molar-refractivity contribution in [1.29, 1.82) is 5.26 Å². The van der Waals surface area contributed by atoms with E-state index in [0.717, 1.165) is 17.8 Å². The first kappa shape index (κ1) is 12.3. The van der Waals surface area contributed by atoms with Gasteiger partial charge in [0.2, 0.25) is 5.82 Å². The maximum atomic E-state index is 9.03. The van der Waals surface area contributed by atoms with Gasteiger partial charge in [0.25, 0.3) is 0 Å². The minimum absolute atomic E-state index is 0.409. The molecule has 0 saturated carbocycles. The summed E-state index contributed by atoms with van der Waals surface area (Å²) in [5.41, 5.74) is 2.15. The van der Waals surface area contributed by atoms with Gasteiger partial charge in [-0.05, 0) is 11.6 Å². The normalized spacial score (nSPS) is 10.6. The molecule has 0 aliphatic heterocycles. The lowest BCUT2D eigenvalue weighted by Crippen LogP contribution is -2.22. The summed E-state index contributed by atoms with van der Waals surface area (Å²) < 4.78 is 1.82. The molecule has 18 heavy (non-hydrogen) atoms. The summed E-state index contributed by atoms with van der Waals surface area (Å²) in [6.45, 7) is 5.00. The highest BCUT2D eigenvalue weighted by Crippen LogP contribution is 2.16. The lowest BCUT2D eigenvalue weighted by molar-refractivity contribution is 0.587. The number of para-hydroxylation sites is 1. The van der Waals surface area contributed by atoms with Gasteiger partial charge in [-0.2, -0.15) is 5.26 Å². The Bertz CT molecular complexity index is 563. The Morgan fingerprint density at radius 1 is 1.39 bits per heavy atom. The van der Waals surface area contributed by atoms with E-state index in [1.54, 1.807) is 6.20 Å². The Kier molecular flexibility index (Phi) is 3.75. The number of nitrogens with zero attached hydrogens (tertiary/aromatic N) is 3. The lowest BCUT2D eigenvalue weighted by Gasteiger charge is -2.13. The van der Waals surface area contributed by atoms with Gasteiger partial charge < -0.3 is 5.32 Å². The van der Waals surface area contributed by atoms with Crippen molar-refractivity contribution in [2.24, 2.45) is 0 Å². The molecule has 1 N–H and O–H groups in total. The molecule has 0 aliphatic rings. The standard InChI is InChI=1S/C14H16N4/c1-11(2)17-10-12-5-3-4-6-13(12)18-8-7-16-14(18)9-15/h3-8,11,17H,10H2,1-2H3. The third kappa shape index (κ3) is 2.58. The summed E-state index contributed by atoms with van der Waals surface area (Å²) in [4.78, 5) is 4.03. The zero-order valence-corrected chi connectivity index (χ0v) is 10.6. The van der Waals surface area contributed by atoms with Crippen LogP contribution in [0.4, 0.5) is 0 Å². The predicted molar refractivity (Wildman–Crippen MR) is 70.3 cm³/mol. The van der Waals surface area contributed by atoms with E-state index >= 15 is 0 Å². The molecule has 0 saturated heterocycles. The van der Waals surface area contributed by atoms with Crippen molar-refractivity contribution < 1.29 is 0 Å². The van der Waals surface area contributed by atoms with Crippen LogP contribution in [0.25, 0.3) is 5.69 Å². The Morgan fingerprint density at radius 3 is 2.89 bits per heavy atom. The van der Waals surface area contributed by atoms with Crippen LogP contribution in [0.15, 0.2) is 36.7 Å². The van der Waals surface area contributed by atoms with Crippen LogP contribution >= 0.6 is 0 Å². The second kappa shape index (κ2) is 5.48. The molecule has 92 valence electrons. The van der Waals surface area contributed by atoms with E-state index in [2.05, 4.69) is 36.3 Å². The average molecular weight is 240 g/mol. The van der Waals surface area contributed by atoms with Gasteiger partial charge >= 0.3 is 0 Å². The Morgan fingerprint density at radius 2 is 2.17 bits per heavy atom. The number of imidazole rings is 1. The Hall–Kier alpha value is -2.12. The van der Waals surface area contributed by atoms with Crippen LogP contribution in [0.3, 0.4) is 0 Å². The third-order valence-electron chi connectivity index (χ3n) is 2.69. The second-order valence-corrected chi connectivity index (χ2v) is 4.40. The lowest BCUT2D eigenvalue weighted by atomic mass is 10.1. The first-order valence-corrected chi connectivity index (χ1v) is 5.97. The average Bonchev–Trinajstić information content (AvgIpc) is 2.84. The number of hydrogen-bond donors (Lipinski definition) is 1. The van der Waals surface area contributed by atoms with E-state index in [0.29, 0.717) is 11.9 Å². The van der Waals surface area contributed by atoms with Crippen molar-refractivity contribution in [2.45, 2.75) is 26.4 Å². The van der Waals surface area contributed by atoms with Crippen LogP contribution < -0.4 is 5.32 Å². The largest absolute Gasteiger partial charge is 0.310 e. The summed E-state index contributed by atoms with van der Waals surface area (Å²) in [6, 6.07) is 10.6. The fraction of sp³-hybridized carbons (Fsp3) is 0.286. The van der Waals surface area contributed by atoms with Gasteiger partial charge in [0.1, 0.15) is 6.07 Å². The molecule has 0 unspecified atom stereocenters. The molecule has 2 aromatic rings. The minimum Gasteiger partial charge on any atom is -0.310 e. The smallest absolute Gasteiger partial charge is 0.217 e. The van der Waals surface area contributed by atoms with Gasteiger partial charge in [-0.15, -0.1) is 0 Å². The van der Waals surface area contributed by atoms with E-state index in [1.807, 2.05) is 29.0 Å². The van der Waals surface area contributed by atoms with Gasteiger partial charge in [0.15, 0.2) is 0 Å². The highest BCUT2D eigenvalue weighted by molar-refractivity contribution is 5.43. The molecule has 0 spiro atoms. The quantitative estimate of drug-likeness (QED) is 0.891. The molecule has 0 atom stereocenters. The number of nitriles is 1. The molecule has 1 aromatic heterocycles. The van der Waals surface area contributed by atoms with Crippen LogP contribution in [0.5, 0.6) is 0 Å². The van der Waals surface area contributed by atoms with Crippen molar-refractivity contribution in [3.8, 4) is 11.8 Å². The van der Waals surface area contributed by atoms with Gasteiger partial charge in [0, 0.05) is 25.0 Å². The molecule has 0 radical (unpaired) electrons. The highest BCUT2D eigenvalue weighted by atomic mass is 15.1. The number of hydrogen-bond acceptors (Lipinski definition) is 3. The molecule has 4 heteroatoms. The van der Waals surface area contributed by atoms with Crippen LogP contribution in [0, 0.1) is 11.3 Å². The molecule has 0 fully saturated rings. The number of rotatable bonds is 4. The number of nitrogens with one attached hydrogen (secondary N) is 1. The van der Waals surface area contributed by atoms with E-state index in [-0.39, 0.29) is 0 Å². The van der Waals surface area contributed by atoms with E-state index in [4.69, 9.17) is 5.26 Å². The van der Waals surface area contributed by atoms with Crippen molar-refractivity contribution in [3.63, 3.8) is 0 Å². The zero-order chi connectivity index (χ0) is 13.0. The van der Waals surface area contributed by atoms with Crippen molar-refractivity contribution in [1.82, 2.24) is 14.9 Å². The molecule has 4 nitrogen and oxygen atoms in total. The fourth-order valence-electron chi connectivity index (χ4n) is 1.79. The zero-order valence-electron chi connectivity index (χ0n) is 10.6. The van der Waals surface area contributed by atoms with Gasteiger partial charge in [-0.1, -0.05) is 32.0 Å². The van der Waals surface area contributed by atoms with Crippen LogP contribution in [-0.2, 0) is 6.54 Å². The van der Waals surface area contributed by atoms with Crippen LogP contribution in [0.2, 0.25) is 0 Å². The first-order valence-electron chi connectivity index (χ1n) is 5.97. The van der Waals surface area contributed by atoms with E-state index in [9.17, 15) is 0 Å². The highest BCUT2D eigenvalue weighted by Gasteiger charge is 2.08. The molecule has 1 aromatic carbocycles. The van der Waals surface area contributed by atoms with E-state index < -0.39 is 0 Å². The fourth-order valence-corrected chi connectivity index (χ4v) is 1.79. The van der Waals surface area contributed by atoms with Gasteiger partial charge in [-0.3, -0.25) is 4.57 Å². The Balaban J connectivity index is 2.36. The summed E-state index contributed by atoms with van der Waals surface area (Å²) in [5.74, 6) is 0.409. The SMILES string of the molecule is CC(C)NCc1ccccc1-n1ccnc1C#N. The topological polar surface area (TPSA) is 53.6 Å². The van der Waals surface area contributed by atoms with Crippen molar-refractivity contribution in [2.75, 3.05) is 0 Å². The molecular formula is C14H16N4. The molecule has 1 heterocycles. The number of aromatic nitrogens is 2. The molecular weight excluding hydrogens is 224 g/mol. The third-order valence-corrected chi connectivity index (χ3v) is 2.69.